The molecule has 0 fully saturated rings. The van der Waals surface area contributed by atoms with E-state index in [9.17, 15) is 4.79 Å². The lowest BCUT2D eigenvalue weighted by atomic mass is 9.95. The van der Waals surface area contributed by atoms with Gasteiger partial charge in [-0.1, -0.05) is 98.8 Å². The van der Waals surface area contributed by atoms with E-state index in [2.05, 4.69) is 20.8 Å². The molecule has 1 atom stereocenters. The van der Waals surface area contributed by atoms with Gasteiger partial charge >= 0.3 is 5.97 Å². The van der Waals surface area contributed by atoms with Crippen molar-refractivity contribution in [3.05, 3.63) is 0 Å². The third-order valence-electron chi connectivity index (χ3n) is 4.33. The van der Waals surface area contributed by atoms with E-state index in [0.717, 1.165) is 18.3 Å². The van der Waals surface area contributed by atoms with Crippen molar-refractivity contribution >= 4 is 5.97 Å². The maximum Gasteiger partial charge on any atom is 0.305 e. The number of aliphatic hydroxyl groups is 1. The first-order valence-electron chi connectivity index (χ1n) is 10.1. The SMILES string of the molecule is CC(C)C(=O)O.CC(C)CCCC(C)CCCCCCCCCO. The summed E-state index contributed by atoms with van der Waals surface area (Å²) in [7, 11) is 0. The highest BCUT2D eigenvalue weighted by Gasteiger charge is 2.03. The van der Waals surface area contributed by atoms with Gasteiger partial charge in [-0.15, -0.1) is 0 Å². The highest BCUT2D eigenvalue weighted by atomic mass is 16.4. The molecular formula is C21H44O3. The lowest BCUT2D eigenvalue weighted by molar-refractivity contribution is -0.140. The summed E-state index contributed by atoms with van der Waals surface area (Å²) in [5.74, 6) is 0.828. The minimum absolute atomic E-state index is 0.231. The van der Waals surface area contributed by atoms with Crippen LogP contribution in [0.25, 0.3) is 0 Å². The molecule has 24 heavy (non-hydrogen) atoms. The van der Waals surface area contributed by atoms with Crippen LogP contribution in [0, 0.1) is 17.8 Å². The number of carboxylic acid groups (broad SMARTS) is 1. The third kappa shape index (κ3) is 23.7. The Kier molecular flexibility index (Phi) is 20.1. The molecule has 2 N–H and O–H groups in total. The summed E-state index contributed by atoms with van der Waals surface area (Å²) in [6, 6.07) is 0. The van der Waals surface area contributed by atoms with Crippen molar-refractivity contribution in [1.29, 1.82) is 0 Å². The fraction of sp³-hybridized carbons (Fsp3) is 0.952. The minimum Gasteiger partial charge on any atom is -0.481 e. The molecule has 0 bridgehead atoms. The van der Waals surface area contributed by atoms with Gasteiger partial charge in [-0.25, -0.2) is 0 Å². The molecule has 0 spiro atoms. The summed E-state index contributed by atoms with van der Waals surface area (Å²) >= 11 is 0. The Hall–Kier alpha value is -0.570. The van der Waals surface area contributed by atoms with Gasteiger partial charge in [-0.05, 0) is 18.3 Å². The molecule has 0 saturated heterocycles. The summed E-state index contributed by atoms with van der Waals surface area (Å²) in [6.45, 7) is 10.7. The number of hydrogen-bond acceptors (Lipinski definition) is 2. The zero-order chi connectivity index (χ0) is 18.8. The van der Waals surface area contributed by atoms with Crippen LogP contribution in [0.3, 0.4) is 0 Å². The van der Waals surface area contributed by atoms with Gasteiger partial charge in [-0.2, -0.15) is 0 Å². The van der Waals surface area contributed by atoms with Gasteiger partial charge in [0.2, 0.25) is 0 Å². The molecule has 0 radical (unpaired) electrons. The Labute approximate surface area is 151 Å². The fourth-order valence-electron chi connectivity index (χ4n) is 2.51. The molecule has 3 nitrogen and oxygen atoms in total. The van der Waals surface area contributed by atoms with Crippen molar-refractivity contribution in [2.75, 3.05) is 6.61 Å². The van der Waals surface area contributed by atoms with Crippen LogP contribution < -0.4 is 0 Å². The topological polar surface area (TPSA) is 57.5 Å². The number of carboxylic acids is 1. The first-order chi connectivity index (χ1) is 11.3. The van der Waals surface area contributed by atoms with Crippen molar-refractivity contribution in [2.24, 2.45) is 17.8 Å². The molecule has 0 amide bonds. The van der Waals surface area contributed by atoms with Crippen molar-refractivity contribution in [1.82, 2.24) is 0 Å². The molecular weight excluding hydrogens is 300 g/mol. The summed E-state index contributed by atoms with van der Waals surface area (Å²) in [4.78, 5) is 9.70. The number of aliphatic carboxylic acids is 1. The number of rotatable bonds is 14. The zero-order valence-corrected chi connectivity index (χ0v) is 17.0. The predicted molar refractivity (Wildman–Crippen MR) is 104 cm³/mol. The summed E-state index contributed by atoms with van der Waals surface area (Å²) in [6.07, 6.45) is 14.8. The van der Waals surface area contributed by atoms with Crippen LogP contribution in [-0.4, -0.2) is 22.8 Å². The van der Waals surface area contributed by atoms with Crippen LogP contribution in [-0.2, 0) is 4.79 Å². The van der Waals surface area contributed by atoms with Crippen molar-refractivity contribution < 1.29 is 15.0 Å². The molecule has 0 aromatic rings. The minimum atomic E-state index is -0.741. The Morgan fingerprint density at radius 1 is 0.708 bits per heavy atom. The predicted octanol–water partition coefficient (Wildman–Crippen LogP) is 6.29. The van der Waals surface area contributed by atoms with E-state index in [1.165, 1.54) is 64.2 Å². The van der Waals surface area contributed by atoms with Crippen LogP contribution in [0.5, 0.6) is 0 Å². The van der Waals surface area contributed by atoms with Gasteiger partial charge in [0.1, 0.15) is 0 Å². The largest absolute Gasteiger partial charge is 0.481 e. The van der Waals surface area contributed by atoms with Crippen LogP contribution >= 0.6 is 0 Å². The molecule has 0 aromatic heterocycles. The number of hydrogen-bond donors (Lipinski definition) is 2. The second-order valence-corrected chi connectivity index (χ2v) is 7.91. The van der Waals surface area contributed by atoms with Crippen LogP contribution in [0.15, 0.2) is 0 Å². The first kappa shape index (κ1) is 25.7. The Morgan fingerprint density at radius 2 is 1.12 bits per heavy atom. The van der Waals surface area contributed by atoms with E-state index in [1.54, 1.807) is 13.8 Å². The fourth-order valence-corrected chi connectivity index (χ4v) is 2.51. The van der Waals surface area contributed by atoms with Gasteiger partial charge in [-0.3, -0.25) is 4.79 Å². The second-order valence-electron chi connectivity index (χ2n) is 7.91. The summed E-state index contributed by atoms with van der Waals surface area (Å²) in [5, 5.41) is 16.7. The van der Waals surface area contributed by atoms with Gasteiger partial charge in [0.05, 0.1) is 5.92 Å². The molecule has 0 saturated carbocycles. The Bertz CT molecular complexity index is 262. The molecule has 3 heteroatoms. The van der Waals surface area contributed by atoms with E-state index in [4.69, 9.17) is 10.2 Å². The number of unbranched alkanes of at least 4 members (excludes halogenated alkanes) is 6. The molecule has 0 aliphatic rings. The Balaban J connectivity index is 0. The zero-order valence-electron chi connectivity index (χ0n) is 17.0. The lowest BCUT2D eigenvalue weighted by Gasteiger charge is -2.12. The van der Waals surface area contributed by atoms with Crippen molar-refractivity contribution in [2.45, 2.75) is 105 Å². The molecule has 0 aromatic carbocycles. The van der Waals surface area contributed by atoms with Crippen molar-refractivity contribution in [3.8, 4) is 0 Å². The van der Waals surface area contributed by atoms with E-state index in [-0.39, 0.29) is 5.92 Å². The van der Waals surface area contributed by atoms with Gasteiger partial charge < -0.3 is 10.2 Å². The van der Waals surface area contributed by atoms with E-state index < -0.39 is 5.97 Å². The van der Waals surface area contributed by atoms with Crippen LogP contribution in [0.1, 0.15) is 105 Å². The van der Waals surface area contributed by atoms with E-state index in [0.29, 0.717) is 6.61 Å². The third-order valence-corrected chi connectivity index (χ3v) is 4.33. The first-order valence-corrected chi connectivity index (χ1v) is 10.1. The highest BCUT2D eigenvalue weighted by Crippen LogP contribution is 2.18. The quantitative estimate of drug-likeness (QED) is 0.364. The maximum absolute atomic E-state index is 9.70. The standard InChI is InChI=1S/C17H36O.C4H8O2/c1-16(2)12-11-14-17(3)13-9-7-5-4-6-8-10-15-18;1-3(2)4(5)6/h16-18H,4-15H2,1-3H3;3H,1-2H3,(H,5,6). The maximum atomic E-state index is 9.70. The van der Waals surface area contributed by atoms with Gasteiger partial charge in [0, 0.05) is 6.61 Å². The molecule has 0 heterocycles. The normalized spacial score (nSPS) is 12.2. The Morgan fingerprint density at radius 3 is 1.54 bits per heavy atom. The average molecular weight is 345 g/mol. The smallest absolute Gasteiger partial charge is 0.305 e. The molecule has 1 unspecified atom stereocenters. The molecule has 0 aliphatic heterocycles. The number of carbonyl (C=O) groups is 1. The molecule has 0 rings (SSSR count). The summed E-state index contributed by atoms with van der Waals surface area (Å²) < 4.78 is 0. The monoisotopic (exact) mass is 344 g/mol. The van der Waals surface area contributed by atoms with Crippen molar-refractivity contribution in [3.63, 3.8) is 0 Å². The summed E-state index contributed by atoms with van der Waals surface area (Å²) in [5.41, 5.74) is 0. The lowest BCUT2D eigenvalue weighted by Crippen LogP contribution is -2.03. The number of aliphatic hydroxyl groups excluding tert-OH is 1. The van der Waals surface area contributed by atoms with Crippen LogP contribution in [0.4, 0.5) is 0 Å². The average Bonchev–Trinajstić information content (AvgIpc) is 2.50. The van der Waals surface area contributed by atoms with E-state index >= 15 is 0 Å². The molecule has 0 aliphatic carbocycles. The molecule has 146 valence electrons. The second kappa shape index (κ2) is 18.8. The highest BCUT2D eigenvalue weighted by molar-refractivity contribution is 5.68. The van der Waals surface area contributed by atoms with Crippen LogP contribution in [0.2, 0.25) is 0 Å². The van der Waals surface area contributed by atoms with Gasteiger partial charge in [0.25, 0.3) is 0 Å². The van der Waals surface area contributed by atoms with E-state index in [1.807, 2.05) is 0 Å². The van der Waals surface area contributed by atoms with Gasteiger partial charge in [0.15, 0.2) is 0 Å².